The molecule has 2 aromatic carbocycles. The van der Waals surface area contributed by atoms with Crippen molar-refractivity contribution in [2.75, 3.05) is 7.11 Å². The van der Waals surface area contributed by atoms with E-state index < -0.39 is 5.97 Å². The molecule has 0 bridgehead atoms. The molecule has 0 fully saturated rings. The van der Waals surface area contributed by atoms with E-state index in [0.29, 0.717) is 18.0 Å². The first-order valence-electron chi connectivity index (χ1n) is 7.27. The molecule has 0 saturated carbocycles. The zero-order chi connectivity index (χ0) is 15.8. The van der Waals surface area contributed by atoms with Gasteiger partial charge in [-0.3, -0.25) is 0 Å². The van der Waals surface area contributed by atoms with Crippen molar-refractivity contribution in [2.45, 2.75) is 6.54 Å². The van der Waals surface area contributed by atoms with Crippen LogP contribution in [0.3, 0.4) is 0 Å². The molecule has 2 heterocycles. The van der Waals surface area contributed by atoms with Gasteiger partial charge >= 0.3 is 5.97 Å². The summed E-state index contributed by atoms with van der Waals surface area (Å²) in [6, 6.07) is 17.2. The fourth-order valence-electron chi connectivity index (χ4n) is 2.80. The normalized spacial score (nSPS) is 14.0. The Morgan fingerprint density at radius 2 is 1.91 bits per heavy atom. The number of carbonyl (C=O) groups is 1. The van der Waals surface area contributed by atoms with Crippen molar-refractivity contribution >= 4 is 22.6 Å². The molecule has 0 unspecified atom stereocenters. The SMILES string of the molecule is COc1ccc(C2=NOC(=O)c3cc4ccccc4n3C2)cc1. The Labute approximate surface area is 132 Å². The summed E-state index contributed by atoms with van der Waals surface area (Å²) in [7, 11) is 1.62. The Balaban J connectivity index is 1.80. The molecule has 0 spiro atoms. The molecule has 114 valence electrons. The lowest BCUT2D eigenvalue weighted by Crippen LogP contribution is -2.12. The van der Waals surface area contributed by atoms with Crippen LogP contribution in [0.1, 0.15) is 16.1 Å². The third-order valence-corrected chi connectivity index (χ3v) is 3.99. The minimum absolute atomic E-state index is 0.440. The van der Waals surface area contributed by atoms with Crippen LogP contribution < -0.4 is 4.74 Å². The van der Waals surface area contributed by atoms with E-state index in [4.69, 9.17) is 9.57 Å². The van der Waals surface area contributed by atoms with Crippen LogP contribution in [0.4, 0.5) is 0 Å². The number of hydrogen-bond donors (Lipinski definition) is 0. The van der Waals surface area contributed by atoms with Gasteiger partial charge in [0, 0.05) is 16.5 Å². The van der Waals surface area contributed by atoms with E-state index in [2.05, 4.69) is 5.16 Å². The Kier molecular flexibility index (Phi) is 3.12. The molecule has 0 saturated heterocycles. The molecule has 5 nitrogen and oxygen atoms in total. The Morgan fingerprint density at radius 3 is 2.70 bits per heavy atom. The topological polar surface area (TPSA) is 52.8 Å². The number of oxime groups is 1. The fourth-order valence-corrected chi connectivity index (χ4v) is 2.80. The number of para-hydroxylation sites is 1. The average molecular weight is 306 g/mol. The molecule has 0 aliphatic carbocycles. The Hall–Kier alpha value is -3.08. The van der Waals surface area contributed by atoms with Crippen LogP contribution in [0.25, 0.3) is 10.9 Å². The monoisotopic (exact) mass is 306 g/mol. The molecule has 0 N–H and O–H groups in total. The first-order valence-corrected chi connectivity index (χ1v) is 7.27. The van der Waals surface area contributed by atoms with Gasteiger partial charge in [-0.2, -0.15) is 0 Å². The number of nitrogens with zero attached hydrogens (tertiary/aromatic N) is 2. The van der Waals surface area contributed by atoms with Crippen molar-refractivity contribution in [3.8, 4) is 5.75 Å². The van der Waals surface area contributed by atoms with Gasteiger partial charge in [-0.15, -0.1) is 0 Å². The third kappa shape index (κ3) is 2.26. The largest absolute Gasteiger partial charge is 0.497 e. The zero-order valence-corrected chi connectivity index (χ0v) is 12.5. The van der Waals surface area contributed by atoms with Gasteiger partial charge in [-0.1, -0.05) is 23.4 Å². The second kappa shape index (κ2) is 5.28. The van der Waals surface area contributed by atoms with Crippen molar-refractivity contribution < 1.29 is 14.4 Å². The summed E-state index contributed by atoms with van der Waals surface area (Å²) in [6.07, 6.45) is 0. The molecule has 3 aromatic rings. The lowest BCUT2D eigenvalue weighted by atomic mass is 10.1. The Bertz CT molecular complexity index is 923. The molecule has 1 aliphatic heterocycles. The number of rotatable bonds is 2. The number of hydrogen-bond acceptors (Lipinski definition) is 4. The fraction of sp³-hybridized carbons (Fsp3) is 0.111. The van der Waals surface area contributed by atoms with E-state index in [1.165, 1.54) is 0 Å². The molecule has 0 amide bonds. The van der Waals surface area contributed by atoms with Crippen LogP contribution in [-0.4, -0.2) is 23.4 Å². The van der Waals surface area contributed by atoms with Crippen LogP contribution in [0, 0.1) is 0 Å². The minimum Gasteiger partial charge on any atom is -0.497 e. The van der Waals surface area contributed by atoms with Gasteiger partial charge in [0.15, 0.2) is 0 Å². The quantitative estimate of drug-likeness (QED) is 0.683. The Morgan fingerprint density at radius 1 is 1.13 bits per heavy atom. The number of benzene rings is 2. The maximum atomic E-state index is 12.2. The number of ether oxygens (including phenoxy) is 1. The van der Waals surface area contributed by atoms with Crippen molar-refractivity contribution in [2.24, 2.45) is 5.16 Å². The molecular weight excluding hydrogens is 292 g/mol. The number of fused-ring (bicyclic) bond motifs is 3. The summed E-state index contributed by atoms with van der Waals surface area (Å²) in [5.41, 5.74) is 3.09. The highest BCUT2D eigenvalue weighted by atomic mass is 16.7. The standard InChI is InChI=1S/C18H14N2O3/c1-22-14-8-6-12(7-9-14)15-11-20-16-5-3-2-4-13(16)10-17(20)18(21)23-19-15/h2-10H,11H2,1H3. The first kappa shape index (κ1) is 13.6. The summed E-state index contributed by atoms with van der Waals surface area (Å²) in [5, 5.41) is 5.04. The lowest BCUT2D eigenvalue weighted by Gasteiger charge is -2.08. The second-order valence-corrected chi connectivity index (χ2v) is 5.32. The number of methoxy groups -OCH3 is 1. The molecule has 23 heavy (non-hydrogen) atoms. The highest BCUT2D eigenvalue weighted by molar-refractivity contribution is 6.04. The van der Waals surface area contributed by atoms with Gasteiger partial charge in [-0.05, 0) is 36.4 Å². The van der Waals surface area contributed by atoms with Crippen LogP contribution in [-0.2, 0) is 11.4 Å². The van der Waals surface area contributed by atoms with Gasteiger partial charge in [0.05, 0.1) is 13.7 Å². The van der Waals surface area contributed by atoms with E-state index in [0.717, 1.165) is 22.2 Å². The lowest BCUT2D eigenvalue weighted by molar-refractivity contribution is 0.0513. The van der Waals surface area contributed by atoms with E-state index in [9.17, 15) is 4.79 Å². The van der Waals surface area contributed by atoms with E-state index in [1.807, 2.05) is 59.2 Å². The molecule has 1 aliphatic rings. The average Bonchev–Trinajstić information content (AvgIpc) is 2.89. The van der Waals surface area contributed by atoms with E-state index in [-0.39, 0.29) is 0 Å². The molecular formula is C18H14N2O3. The molecule has 0 radical (unpaired) electrons. The molecule has 1 aromatic heterocycles. The van der Waals surface area contributed by atoms with Gasteiger partial charge < -0.3 is 14.1 Å². The van der Waals surface area contributed by atoms with Crippen LogP contribution in [0.5, 0.6) is 5.75 Å². The minimum atomic E-state index is -0.440. The van der Waals surface area contributed by atoms with Gasteiger partial charge in [-0.25, -0.2) is 4.79 Å². The highest BCUT2D eigenvalue weighted by Gasteiger charge is 2.22. The molecule has 0 atom stereocenters. The number of carbonyl (C=O) groups excluding carboxylic acids is 1. The van der Waals surface area contributed by atoms with Gasteiger partial charge in [0.1, 0.15) is 17.2 Å². The summed E-state index contributed by atoms with van der Waals surface area (Å²) in [4.78, 5) is 17.3. The molecule has 4 rings (SSSR count). The second-order valence-electron chi connectivity index (χ2n) is 5.32. The van der Waals surface area contributed by atoms with E-state index >= 15 is 0 Å². The smallest absolute Gasteiger partial charge is 0.382 e. The van der Waals surface area contributed by atoms with E-state index in [1.54, 1.807) is 7.11 Å². The van der Waals surface area contributed by atoms with Crippen LogP contribution >= 0.6 is 0 Å². The third-order valence-electron chi connectivity index (χ3n) is 3.99. The summed E-state index contributed by atoms with van der Waals surface area (Å²) in [5.74, 6) is 0.330. The maximum Gasteiger partial charge on any atom is 0.382 e. The van der Waals surface area contributed by atoms with Crippen LogP contribution in [0.15, 0.2) is 59.8 Å². The predicted molar refractivity (Wildman–Crippen MR) is 86.9 cm³/mol. The van der Waals surface area contributed by atoms with Crippen molar-refractivity contribution in [3.05, 3.63) is 65.9 Å². The summed E-state index contributed by atoms with van der Waals surface area (Å²) >= 11 is 0. The van der Waals surface area contributed by atoms with Crippen molar-refractivity contribution in [1.29, 1.82) is 0 Å². The zero-order valence-electron chi connectivity index (χ0n) is 12.5. The van der Waals surface area contributed by atoms with Crippen molar-refractivity contribution in [1.82, 2.24) is 4.57 Å². The highest BCUT2D eigenvalue weighted by Crippen LogP contribution is 2.24. The van der Waals surface area contributed by atoms with Crippen LogP contribution in [0.2, 0.25) is 0 Å². The first-order chi connectivity index (χ1) is 11.3. The van der Waals surface area contributed by atoms with Gasteiger partial charge in [0.25, 0.3) is 0 Å². The van der Waals surface area contributed by atoms with Crippen molar-refractivity contribution in [3.63, 3.8) is 0 Å². The maximum absolute atomic E-state index is 12.2. The number of aromatic nitrogens is 1. The predicted octanol–water partition coefficient (Wildman–Crippen LogP) is 3.22. The molecule has 5 heteroatoms. The summed E-state index contributed by atoms with van der Waals surface area (Å²) in [6.45, 7) is 0.473. The van der Waals surface area contributed by atoms with Gasteiger partial charge in [0.2, 0.25) is 0 Å². The summed E-state index contributed by atoms with van der Waals surface area (Å²) < 4.78 is 7.11.